The van der Waals surface area contributed by atoms with Crippen LogP contribution < -0.4 is 10.2 Å². The molecule has 2 fully saturated rings. The molecule has 30 heavy (non-hydrogen) atoms. The Hall–Kier alpha value is -2.93. The van der Waals surface area contributed by atoms with Crippen LogP contribution in [0.15, 0.2) is 47.2 Å². The molecule has 2 aliphatic carbocycles. The number of rotatable bonds is 6. The Kier molecular flexibility index (Phi) is 5.12. The molecule has 5 rings (SSSR count). The number of hydrogen-bond donors (Lipinski definition) is 2. The van der Waals surface area contributed by atoms with Gasteiger partial charge in [-0.2, -0.15) is 4.98 Å². The summed E-state index contributed by atoms with van der Waals surface area (Å²) in [6, 6.07) is 9.43. The maximum Gasteiger partial charge on any atom is 0.259 e. The molecule has 7 heteroatoms. The van der Waals surface area contributed by atoms with Crippen LogP contribution in [0.25, 0.3) is 11.0 Å². The number of aliphatic hydroxyl groups excluding tert-OH is 1. The average Bonchev–Trinajstić information content (AvgIpc) is 3.47. The normalized spacial score (nSPS) is 21.5. The van der Waals surface area contributed by atoms with Gasteiger partial charge in [-0.3, -0.25) is 9.69 Å². The largest absolute Gasteiger partial charge is 0.464 e. The molecule has 0 radical (unpaired) electrons. The lowest BCUT2D eigenvalue weighted by Gasteiger charge is -2.27. The number of anilines is 2. The molecule has 1 aromatic carbocycles. The maximum atomic E-state index is 13.4. The Labute approximate surface area is 175 Å². The SMILES string of the molecule is O=C(c1ccc2occc2c1)N(CC1CC1)c1ccnc(NC2CCC(O)CC2)n1. The van der Waals surface area contributed by atoms with Crippen molar-refractivity contribution >= 4 is 28.6 Å². The zero-order valence-corrected chi connectivity index (χ0v) is 16.8. The van der Waals surface area contributed by atoms with E-state index in [0.29, 0.717) is 29.8 Å². The summed E-state index contributed by atoms with van der Waals surface area (Å²) >= 11 is 0. The van der Waals surface area contributed by atoms with Gasteiger partial charge < -0.3 is 14.8 Å². The standard InChI is InChI=1S/C23H26N4O3/c28-19-6-4-18(5-7-19)25-23-24-11-9-21(26-23)27(14-15-1-2-15)22(29)17-3-8-20-16(13-17)10-12-30-20/h3,8-13,15,18-19,28H,1-2,4-7,14H2,(H,24,25,26). The summed E-state index contributed by atoms with van der Waals surface area (Å²) in [5.74, 6) is 1.62. The molecular weight excluding hydrogens is 380 g/mol. The summed E-state index contributed by atoms with van der Waals surface area (Å²) in [5.41, 5.74) is 1.39. The molecule has 2 saturated carbocycles. The highest BCUT2D eigenvalue weighted by Crippen LogP contribution is 2.32. The van der Waals surface area contributed by atoms with Crippen LogP contribution in [-0.2, 0) is 0 Å². The Morgan fingerprint density at radius 1 is 1.13 bits per heavy atom. The highest BCUT2D eigenvalue weighted by Gasteiger charge is 2.29. The van der Waals surface area contributed by atoms with E-state index in [0.717, 1.165) is 49.5 Å². The molecule has 0 saturated heterocycles. The number of carbonyl (C=O) groups is 1. The predicted molar refractivity (Wildman–Crippen MR) is 115 cm³/mol. The smallest absolute Gasteiger partial charge is 0.259 e. The zero-order valence-electron chi connectivity index (χ0n) is 16.8. The number of nitrogens with zero attached hydrogens (tertiary/aromatic N) is 3. The van der Waals surface area contributed by atoms with Gasteiger partial charge in [0.25, 0.3) is 5.91 Å². The molecule has 0 atom stereocenters. The van der Waals surface area contributed by atoms with Crippen molar-refractivity contribution in [2.24, 2.45) is 5.92 Å². The van der Waals surface area contributed by atoms with Crippen molar-refractivity contribution in [3.05, 3.63) is 48.4 Å². The van der Waals surface area contributed by atoms with E-state index in [2.05, 4.69) is 15.3 Å². The Morgan fingerprint density at radius 3 is 2.77 bits per heavy atom. The molecule has 0 spiro atoms. The Morgan fingerprint density at radius 2 is 1.97 bits per heavy atom. The summed E-state index contributed by atoms with van der Waals surface area (Å²) in [6.07, 6.45) is 8.79. The van der Waals surface area contributed by atoms with E-state index in [1.54, 1.807) is 23.4 Å². The van der Waals surface area contributed by atoms with Gasteiger partial charge in [-0.25, -0.2) is 4.98 Å². The fourth-order valence-electron chi connectivity index (χ4n) is 4.07. The Bertz CT molecular complexity index is 1040. The predicted octanol–water partition coefficient (Wildman–Crippen LogP) is 4.00. The molecule has 2 N–H and O–H groups in total. The number of benzene rings is 1. The van der Waals surface area contributed by atoms with Crippen molar-refractivity contribution in [2.45, 2.75) is 50.7 Å². The van der Waals surface area contributed by atoms with Crippen LogP contribution in [0.1, 0.15) is 48.9 Å². The van der Waals surface area contributed by atoms with Crippen molar-refractivity contribution in [3.8, 4) is 0 Å². The van der Waals surface area contributed by atoms with Gasteiger partial charge in [-0.05, 0) is 74.8 Å². The number of hydrogen-bond acceptors (Lipinski definition) is 6. The zero-order chi connectivity index (χ0) is 20.5. The van der Waals surface area contributed by atoms with E-state index in [1.807, 2.05) is 24.3 Å². The number of furan rings is 1. The molecule has 2 aromatic heterocycles. The molecular formula is C23H26N4O3. The van der Waals surface area contributed by atoms with Gasteiger partial charge in [0, 0.05) is 29.7 Å². The second kappa shape index (κ2) is 8.07. The second-order valence-corrected chi connectivity index (χ2v) is 8.42. The van der Waals surface area contributed by atoms with Gasteiger partial charge in [-0.15, -0.1) is 0 Å². The topological polar surface area (TPSA) is 91.5 Å². The minimum atomic E-state index is -0.200. The number of amides is 1. The molecule has 2 aliphatic rings. The molecule has 7 nitrogen and oxygen atoms in total. The van der Waals surface area contributed by atoms with Crippen LogP contribution in [0.3, 0.4) is 0 Å². The van der Waals surface area contributed by atoms with Crippen molar-refractivity contribution in [1.29, 1.82) is 0 Å². The van der Waals surface area contributed by atoms with E-state index in [4.69, 9.17) is 4.42 Å². The third kappa shape index (κ3) is 4.16. The second-order valence-electron chi connectivity index (χ2n) is 8.42. The molecule has 3 aromatic rings. The first-order valence-electron chi connectivity index (χ1n) is 10.7. The van der Waals surface area contributed by atoms with Crippen LogP contribution in [-0.4, -0.2) is 39.7 Å². The molecule has 0 unspecified atom stereocenters. The lowest BCUT2D eigenvalue weighted by Crippen LogP contribution is -2.34. The average molecular weight is 406 g/mol. The molecule has 2 heterocycles. The van der Waals surface area contributed by atoms with Gasteiger partial charge in [0.15, 0.2) is 0 Å². The van der Waals surface area contributed by atoms with Gasteiger partial charge in [0.05, 0.1) is 12.4 Å². The monoisotopic (exact) mass is 406 g/mol. The summed E-state index contributed by atoms with van der Waals surface area (Å²) in [6.45, 7) is 0.661. The molecule has 156 valence electrons. The van der Waals surface area contributed by atoms with E-state index in [9.17, 15) is 9.90 Å². The van der Waals surface area contributed by atoms with Crippen LogP contribution in [0.4, 0.5) is 11.8 Å². The van der Waals surface area contributed by atoms with Gasteiger partial charge in [-0.1, -0.05) is 0 Å². The number of aromatic nitrogens is 2. The minimum Gasteiger partial charge on any atom is -0.464 e. The van der Waals surface area contributed by atoms with Gasteiger partial charge in [0.1, 0.15) is 11.4 Å². The maximum absolute atomic E-state index is 13.4. The quantitative estimate of drug-likeness (QED) is 0.643. The molecule has 0 aliphatic heterocycles. The van der Waals surface area contributed by atoms with E-state index >= 15 is 0 Å². The third-order valence-corrected chi connectivity index (χ3v) is 6.03. The van der Waals surface area contributed by atoms with Crippen molar-refractivity contribution < 1.29 is 14.3 Å². The van der Waals surface area contributed by atoms with Crippen LogP contribution in [0, 0.1) is 5.92 Å². The van der Waals surface area contributed by atoms with E-state index in [-0.39, 0.29) is 18.1 Å². The van der Waals surface area contributed by atoms with Gasteiger partial charge >= 0.3 is 0 Å². The number of fused-ring (bicyclic) bond motifs is 1. The fraction of sp³-hybridized carbons (Fsp3) is 0.435. The summed E-state index contributed by atoms with van der Waals surface area (Å²) < 4.78 is 5.40. The number of nitrogens with one attached hydrogen (secondary N) is 1. The molecule has 0 bridgehead atoms. The summed E-state index contributed by atoms with van der Waals surface area (Å²) in [7, 11) is 0. The first-order valence-corrected chi connectivity index (χ1v) is 10.7. The van der Waals surface area contributed by atoms with Crippen LogP contribution >= 0.6 is 0 Å². The highest BCUT2D eigenvalue weighted by atomic mass is 16.3. The highest BCUT2D eigenvalue weighted by molar-refractivity contribution is 6.07. The van der Waals surface area contributed by atoms with Crippen molar-refractivity contribution in [1.82, 2.24) is 9.97 Å². The van der Waals surface area contributed by atoms with Gasteiger partial charge in [0.2, 0.25) is 5.95 Å². The van der Waals surface area contributed by atoms with E-state index in [1.165, 1.54) is 0 Å². The van der Waals surface area contributed by atoms with Crippen LogP contribution in [0.5, 0.6) is 0 Å². The third-order valence-electron chi connectivity index (χ3n) is 6.03. The Balaban J connectivity index is 1.38. The number of aliphatic hydroxyl groups is 1. The molecule has 1 amide bonds. The van der Waals surface area contributed by atoms with Crippen molar-refractivity contribution in [3.63, 3.8) is 0 Å². The lowest BCUT2D eigenvalue weighted by molar-refractivity contribution is 0.0985. The lowest BCUT2D eigenvalue weighted by atomic mass is 9.93. The van der Waals surface area contributed by atoms with Crippen molar-refractivity contribution in [2.75, 3.05) is 16.8 Å². The number of carbonyl (C=O) groups excluding carboxylic acids is 1. The summed E-state index contributed by atoms with van der Waals surface area (Å²) in [5, 5.41) is 14.0. The first kappa shape index (κ1) is 19.1. The fourth-order valence-corrected chi connectivity index (χ4v) is 4.07. The minimum absolute atomic E-state index is 0.0598. The van der Waals surface area contributed by atoms with Crippen LogP contribution in [0.2, 0.25) is 0 Å². The van der Waals surface area contributed by atoms with E-state index < -0.39 is 0 Å². The summed E-state index contributed by atoms with van der Waals surface area (Å²) in [4.78, 5) is 24.2. The first-order chi connectivity index (χ1) is 14.7.